The summed E-state index contributed by atoms with van der Waals surface area (Å²) in [5, 5.41) is 0.901. The van der Waals surface area contributed by atoms with Gasteiger partial charge in [0.05, 0.1) is 0 Å². The van der Waals surface area contributed by atoms with Crippen molar-refractivity contribution in [2.24, 2.45) is 0 Å². The van der Waals surface area contributed by atoms with Crippen molar-refractivity contribution >= 4 is 17.6 Å². The van der Waals surface area contributed by atoms with E-state index in [9.17, 15) is 0 Å². The summed E-state index contributed by atoms with van der Waals surface area (Å²) < 4.78 is 0. The second-order valence-corrected chi connectivity index (χ2v) is 6.56. The molecule has 0 aliphatic carbocycles. The van der Waals surface area contributed by atoms with Gasteiger partial charge in [0.25, 0.3) is 0 Å². The van der Waals surface area contributed by atoms with E-state index < -0.39 is 0 Å². The fourth-order valence-corrected chi connectivity index (χ4v) is 2.65. The monoisotopic (exact) mass is 287 g/mol. The molecule has 1 heterocycles. The summed E-state index contributed by atoms with van der Waals surface area (Å²) in [6.45, 7) is 8.53. The van der Waals surface area contributed by atoms with E-state index in [1.807, 2.05) is 6.07 Å². The largest absolute Gasteiger partial charge is 0.384 e. The molecule has 0 radical (unpaired) electrons. The highest BCUT2D eigenvalue weighted by Crippen LogP contribution is 2.29. The predicted octanol–water partition coefficient (Wildman–Crippen LogP) is 4.46. The molecule has 0 aliphatic heterocycles. The minimum atomic E-state index is 0.279. The van der Waals surface area contributed by atoms with Crippen LogP contribution in [0.4, 0.5) is 5.82 Å². The van der Waals surface area contributed by atoms with Crippen molar-refractivity contribution in [3.8, 4) is 0 Å². The van der Waals surface area contributed by atoms with Crippen LogP contribution in [0.3, 0.4) is 0 Å². The van der Waals surface area contributed by atoms with Gasteiger partial charge in [0.1, 0.15) is 16.7 Å². The first-order valence-electron chi connectivity index (χ1n) is 6.88. The zero-order valence-corrected chi connectivity index (χ0v) is 13.2. The number of hydrogen-bond acceptors (Lipinski definition) is 4. The van der Waals surface area contributed by atoms with Crippen molar-refractivity contribution < 1.29 is 0 Å². The van der Waals surface area contributed by atoms with Crippen molar-refractivity contribution in [2.45, 2.75) is 49.5 Å². The maximum absolute atomic E-state index is 5.85. The summed E-state index contributed by atoms with van der Waals surface area (Å²) in [6.07, 6.45) is 0. The lowest BCUT2D eigenvalue weighted by molar-refractivity contribution is 0.756. The molecule has 20 heavy (non-hydrogen) atoms. The summed E-state index contributed by atoms with van der Waals surface area (Å²) in [4.78, 5) is 9.99. The van der Waals surface area contributed by atoms with Crippen molar-refractivity contribution in [1.29, 1.82) is 0 Å². The lowest BCUT2D eigenvalue weighted by atomic mass is 10.0. The number of hydrogen-bond donors (Lipinski definition) is 1. The molecule has 0 spiro atoms. The minimum absolute atomic E-state index is 0.279. The molecule has 0 amide bonds. The molecule has 0 saturated heterocycles. The van der Waals surface area contributed by atoms with Crippen molar-refractivity contribution in [3.63, 3.8) is 0 Å². The normalized spacial score (nSPS) is 11.3. The Morgan fingerprint density at radius 2 is 1.60 bits per heavy atom. The van der Waals surface area contributed by atoms with E-state index in [0.717, 1.165) is 10.9 Å². The SMILES string of the molecule is CC(C)c1ccc(Sc2cc(N)nc(C(C)C)n2)cc1. The van der Waals surface area contributed by atoms with Gasteiger partial charge in [-0.3, -0.25) is 0 Å². The summed E-state index contributed by atoms with van der Waals surface area (Å²) in [5.41, 5.74) is 7.20. The Balaban J connectivity index is 2.21. The fraction of sp³-hybridized carbons (Fsp3) is 0.375. The zero-order chi connectivity index (χ0) is 14.7. The molecule has 4 heteroatoms. The van der Waals surface area contributed by atoms with Crippen molar-refractivity contribution in [3.05, 3.63) is 41.7 Å². The van der Waals surface area contributed by atoms with Crippen LogP contribution in [0.2, 0.25) is 0 Å². The number of nitrogens with two attached hydrogens (primary N) is 1. The predicted molar refractivity (Wildman–Crippen MR) is 85.2 cm³/mol. The molecule has 0 aliphatic rings. The molecule has 0 unspecified atom stereocenters. The standard InChI is InChI=1S/C16H21N3S/c1-10(2)12-5-7-13(8-6-12)20-15-9-14(17)18-16(19-15)11(3)4/h5-11H,1-4H3,(H2,17,18,19). The Bertz CT molecular complexity index is 577. The van der Waals surface area contributed by atoms with Gasteiger partial charge in [0.15, 0.2) is 0 Å². The maximum Gasteiger partial charge on any atom is 0.134 e. The van der Waals surface area contributed by atoms with Gasteiger partial charge in [-0.05, 0) is 23.6 Å². The second-order valence-electron chi connectivity index (χ2n) is 5.47. The first-order valence-corrected chi connectivity index (χ1v) is 7.69. The van der Waals surface area contributed by atoms with E-state index in [0.29, 0.717) is 11.7 Å². The third-order valence-electron chi connectivity index (χ3n) is 3.03. The van der Waals surface area contributed by atoms with Crippen molar-refractivity contribution in [2.75, 3.05) is 5.73 Å². The highest BCUT2D eigenvalue weighted by Gasteiger charge is 2.08. The van der Waals surface area contributed by atoms with E-state index in [4.69, 9.17) is 5.73 Å². The number of benzene rings is 1. The molecule has 1 aromatic heterocycles. The molecule has 3 nitrogen and oxygen atoms in total. The van der Waals surface area contributed by atoms with Crippen LogP contribution < -0.4 is 5.73 Å². The molecule has 2 N–H and O–H groups in total. The quantitative estimate of drug-likeness (QED) is 0.844. The molecule has 2 rings (SSSR count). The number of nitrogens with zero attached hydrogens (tertiary/aromatic N) is 2. The second kappa shape index (κ2) is 6.27. The lowest BCUT2D eigenvalue weighted by Crippen LogP contribution is -2.02. The van der Waals surface area contributed by atoms with Crippen LogP contribution in [-0.2, 0) is 0 Å². The van der Waals surface area contributed by atoms with Gasteiger partial charge in [-0.2, -0.15) is 0 Å². The minimum Gasteiger partial charge on any atom is -0.384 e. The Morgan fingerprint density at radius 1 is 0.950 bits per heavy atom. The highest BCUT2D eigenvalue weighted by molar-refractivity contribution is 7.99. The third-order valence-corrected chi connectivity index (χ3v) is 3.95. The van der Waals surface area contributed by atoms with E-state index in [-0.39, 0.29) is 5.92 Å². The van der Waals surface area contributed by atoms with Crippen LogP contribution in [-0.4, -0.2) is 9.97 Å². The Labute approximate surface area is 125 Å². The van der Waals surface area contributed by atoms with E-state index in [2.05, 4.69) is 61.9 Å². The van der Waals surface area contributed by atoms with Gasteiger partial charge >= 0.3 is 0 Å². The van der Waals surface area contributed by atoms with Crippen LogP contribution >= 0.6 is 11.8 Å². The molecule has 106 valence electrons. The number of nitrogen functional groups attached to an aromatic ring is 1. The number of aromatic nitrogens is 2. The molecule has 0 fully saturated rings. The van der Waals surface area contributed by atoms with Gasteiger partial charge in [-0.15, -0.1) is 0 Å². The molecule has 1 aromatic carbocycles. The Hall–Kier alpha value is -1.55. The van der Waals surface area contributed by atoms with Crippen LogP contribution in [0, 0.1) is 0 Å². The zero-order valence-electron chi connectivity index (χ0n) is 12.4. The lowest BCUT2D eigenvalue weighted by Gasteiger charge is -2.09. The van der Waals surface area contributed by atoms with E-state index in [1.165, 1.54) is 10.5 Å². The van der Waals surface area contributed by atoms with Gasteiger partial charge in [0, 0.05) is 16.9 Å². The summed E-state index contributed by atoms with van der Waals surface area (Å²) in [5.74, 6) is 2.16. The fourth-order valence-electron chi connectivity index (χ4n) is 1.81. The van der Waals surface area contributed by atoms with E-state index in [1.54, 1.807) is 11.8 Å². The van der Waals surface area contributed by atoms with Crippen molar-refractivity contribution in [1.82, 2.24) is 9.97 Å². The molecule has 0 saturated carbocycles. The van der Waals surface area contributed by atoms with E-state index >= 15 is 0 Å². The number of anilines is 1. The molecule has 0 bridgehead atoms. The van der Waals surface area contributed by atoms with Crippen LogP contribution in [0.5, 0.6) is 0 Å². The van der Waals surface area contributed by atoms with Gasteiger partial charge in [-0.1, -0.05) is 51.6 Å². The van der Waals surface area contributed by atoms with Crippen LogP contribution in [0.1, 0.15) is 50.9 Å². The molecular formula is C16H21N3S. The number of rotatable bonds is 4. The molecule has 2 aromatic rings. The van der Waals surface area contributed by atoms with Crippen LogP contribution in [0.25, 0.3) is 0 Å². The van der Waals surface area contributed by atoms with Gasteiger partial charge in [-0.25, -0.2) is 9.97 Å². The molecular weight excluding hydrogens is 266 g/mol. The summed E-state index contributed by atoms with van der Waals surface area (Å²) >= 11 is 1.62. The topological polar surface area (TPSA) is 51.8 Å². The smallest absolute Gasteiger partial charge is 0.134 e. The van der Waals surface area contributed by atoms with Gasteiger partial charge < -0.3 is 5.73 Å². The Kier molecular flexibility index (Phi) is 4.65. The molecule has 0 atom stereocenters. The summed E-state index contributed by atoms with van der Waals surface area (Å²) in [6, 6.07) is 10.4. The van der Waals surface area contributed by atoms with Crippen LogP contribution in [0.15, 0.2) is 40.3 Å². The first-order chi connectivity index (χ1) is 9.45. The average Bonchev–Trinajstić information content (AvgIpc) is 2.38. The average molecular weight is 287 g/mol. The first kappa shape index (κ1) is 14.9. The van der Waals surface area contributed by atoms with Gasteiger partial charge in [0.2, 0.25) is 0 Å². The third kappa shape index (κ3) is 3.73. The highest BCUT2D eigenvalue weighted by atomic mass is 32.2. The Morgan fingerprint density at radius 3 is 2.15 bits per heavy atom. The maximum atomic E-state index is 5.85. The summed E-state index contributed by atoms with van der Waals surface area (Å²) in [7, 11) is 0.